The van der Waals surface area contributed by atoms with E-state index in [-0.39, 0.29) is 0 Å². The van der Waals surface area contributed by atoms with E-state index < -0.39 is 0 Å². The molecule has 3 nitrogen and oxygen atoms in total. The molecule has 0 bridgehead atoms. The van der Waals surface area contributed by atoms with Crippen LogP contribution in [0.4, 0.5) is 0 Å². The zero-order valence-corrected chi connectivity index (χ0v) is 13.8. The van der Waals surface area contributed by atoms with Gasteiger partial charge in [0.2, 0.25) is 5.89 Å². The minimum absolute atomic E-state index is 0.645. The number of benzene rings is 1. The van der Waals surface area contributed by atoms with Crippen molar-refractivity contribution in [3.8, 4) is 22.8 Å². The number of oxazole rings is 1. The standard InChI is InChI=1S/C20H21N2O/c1-15(2)10-12-22-11-4-5-18(14-22)20-21-13-19(23-20)17-8-6-16(3)7-9-17/h4-11,13-14H,12H2,1-3H3/q+1. The van der Waals surface area contributed by atoms with Crippen LogP contribution in [0.15, 0.2) is 71.1 Å². The second-order valence-electron chi connectivity index (χ2n) is 5.97. The van der Waals surface area contributed by atoms with E-state index in [0.29, 0.717) is 5.89 Å². The molecule has 1 aromatic carbocycles. The monoisotopic (exact) mass is 305 g/mol. The Morgan fingerprint density at radius 1 is 1.13 bits per heavy atom. The van der Waals surface area contributed by atoms with Crippen LogP contribution in [-0.4, -0.2) is 4.98 Å². The summed E-state index contributed by atoms with van der Waals surface area (Å²) in [7, 11) is 0. The Morgan fingerprint density at radius 3 is 2.65 bits per heavy atom. The summed E-state index contributed by atoms with van der Waals surface area (Å²) in [5.41, 5.74) is 4.56. The van der Waals surface area contributed by atoms with Gasteiger partial charge in [0.1, 0.15) is 5.56 Å². The van der Waals surface area contributed by atoms with Gasteiger partial charge in [-0.2, -0.15) is 0 Å². The van der Waals surface area contributed by atoms with Crippen LogP contribution in [0, 0.1) is 6.92 Å². The molecule has 0 aliphatic rings. The Hall–Kier alpha value is -2.68. The number of hydrogen-bond acceptors (Lipinski definition) is 2. The van der Waals surface area contributed by atoms with Gasteiger partial charge in [-0.1, -0.05) is 35.4 Å². The number of hydrogen-bond donors (Lipinski definition) is 0. The summed E-state index contributed by atoms with van der Waals surface area (Å²) in [6.45, 7) is 7.13. The van der Waals surface area contributed by atoms with Gasteiger partial charge in [-0.25, -0.2) is 9.55 Å². The molecule has 3 aromatic rings. The fourth-order valence-electron chi connectivity index (χ4n) is 2.31. The summed E-state index contributed by atoms with van der Waals surface area (Å²) in [6.07, 6.45) is 8.08. The molecular formula is C20H21N2O+. The van der Waals surface area contributed by atoms with Crippen LogP contribution in [0.25, 0.3) is 22.8 Å². The molecular weight excluding hydrogens is 284 g/mol. The van der Waals surface area contributed by atoms with Gasteiger partial charge in [0.15, 0.2) is 24.7 Å². The van der Waals surface area contributed by atoms with Crippen molar-refractivity contribution in [2.75, 3.05) is 0 Å². The zero-order chi connectivity index (χ0) is 16.2. The molecule has 0 N–H and O–H groups in total. The van der Waals surface area contributed by atoms with Crippen molar-refractivity contribution < 1.29 is 8.98 Å². The summed E-state index contributed by atoms with van der Waals surface area (Å²) in [5.74, 6) is 1.44. The maximum atomic E-state index is 5.94. The topological polar surface area (TPSA) is 29.9 Å². The van der Waals surface area contributed by atoms with E-state index in [1.54, 1.807) is 6.20 Å². The van der Waals surface area contributed by atoms with E-state index >= 15 is 0 Å². The Bertz CT molecular complexity index is 825. The van der Waals surface area contributed by atoms with Crippen LogP contribution in [0.5, 0.6) is 0 Å². The number of nitrogens with zero attached hydrogens (tertiary/aromatic N) is 2. The van der Waals surface area contributed by atoms with E-state index in [0.717, 1.165) is 23.4 Å². The fourth-order valence-corrected chi connectivity index (χ4v) is 2.31. The van der Waals surface area contributed by atoms with Crippen LogP contribution in [-0.2, 0) is 6.54 Å². The van der Waals surface area contributed by atoms with Gasteiger partial charge in [-0.15, -0.1) is 0 Å². The van der Waals surface area contributed by atoms with Crippen molar-refractivity contribution in [1.82, 2.24) is 4.98 Å². The summed E-state index contributed by atoms with van der Waals surface area (Å²) in [5, 5.41) is 0. The number of rotatable bonds is 4. The van der Waals surface area contributed by atoms with Crippen LogP contribution >= 0.6 is 0 Å². The Balaban J connectivity index is 1.87. The molecule has 0 spiro atoms. The predicted octanol–water partition coefficient (Wildman–Crippen LogP) is 4.57. The first-order chi connectivity index (χ1) is 11.1. The summed E-state index contributed by atoms with van der Waals surface area (Å²) in [4.78, 5) is 4.43. The van der Waals surface area contributed by atoms with Crippen molar-refractivity contribution in [2.45, 2.75) is 27.3 Å². The highest BCUT2D eigenvalue weighted by Gasteiger charge is 2.11. The molecule has 0 radical (unpaired) electrons. The van der Waals surface area contributed by atoms with Gasteiger partial charge < -0.3 is 4.42 Å². The summed E-state index contributed by atoms with van der Waals surface area (Å²) >= 11 is 0. The minimum atomic E-state index is 0.645. The first kappa shape index (κ1) is 15.2. The molecule has 0 amide bonds. The first-order valence-electron chi connectivity index (χ1n) is 7.77. The number of aryl methyl sites for hydroxylation is 1. The lowest BCUT2D eigenvalue weighted by molar-refractivity contribution is -0.686. The molecule has 2 heterocycles. The summed E-state index contributed by atoms with van der Waals surface area (Å²) in [6, 6.07) is 12.3. The minimum Gasteiger partial charge on any atom is -0.436 e. The molecule has 3 rings (SSSR count). The predicted molar refractivity (Wildman–Crippen MR) is 91.7 cm³/mol. The molecule has 0 aliphatic carbocycles. The lowest BCUT2D eigenvalue weighted by Crippen LogP contribution is -2.31. The first-order valence-corrected chi connectivity index (χ1v) is 7.77. The third kappa shape index (κ3) is 3.75. The zero-order valence-electron chi connectivity index (χ0n) is 13.8. The maximum absolute atomic E-state index is 5.94. The molecule has 0 aliphatic heterocycles. The van der Waals surface area contributed by atoms with Gasteiger partial charge in [-0.3, -0.25) is 0 Å². The maximum Gasteiger partial charge on any atom is 0.232 e. The van der Waals surface area contributed by atoms with Crippen LogP contribution < -0.4 is 4.57 Å². The number of allylic oxidation sites excluding steroid dienone is 2. The van der Waals surface area contributed by atoms with Gasteiger partial charge in [-0.05, 0) is 32.9 Å². The molecule has 23 heavy (non-hydrogen) atoms. The molecule has 0 unspecified atom stereocenters. The Morgan fingerprint density at radius 2 is 1.91 bits per heavy atom. The smallest absolute Gasteiger partial charge is 0.232 e. The highest BCUT2D eigenvalue weighted by Crippen LogP contribution is 2.25. The van der Waals surface area contributed by atoms with Crippen molar-refractivity contribution in [3.05, 3.63) is 72.2 Å². The van der Waals surface area contributed by atoms with Crippen molar-refractivity contribution in [3.63, 3.8) is 0 Å². The number of aromatic nitrogens is 2. The van der Waals surface area contributed by atoms with E-state index in [1.165, 1.54) is 11.1 Å². The summed E-state index contributed by atoms with van der Waals surface area (Å²) < 4.78 is 8.06. The van der Waals surface area contributed by atoms with Gasteiger partial charge >= 0.3 is 0 Å². The lowest BCUT2D eigenvalue weighted by atomic mass is 10.1. The van der Waals surface area contributed by atoms with Gasteiger partial charge in [0.25, 0.3) is 0 Å². The van der Waals surface area contributed by atoms with Crippen molar-refractivity contribution in [2.24, 2.45) is 0 Å². The van der Waals surface area contributed by atoms with E-state index in [2.05, 4.69) is 66.9 Å². The van der Waals surface area contributed by atoms with E-state index in [9.17, 15) is 0 Å². The largest absolute Gasteiger partial charge is 0.436 e. The van der Waals surface area contributed by atoms with E-state index in [4.69, 9.17) is 4.42 Å². The molecule has 3 heteroatoms. The molecule has 0 fully saturated rings. The van der Waals surface area contributed by atoms with Crippen LogP contribution in [0.1, 0.15) is 19.4 Å². The average molecular weight is 305 g/mol. The molecule has 2 aromatic heterocycles. The molecule has 0 saturated heterocycles. The second-order valence-corrected chi connectivity index (χ2v) is 5.97. The third-order valence-electron chi connectivity index (χ3n) is 3.66. The fraction of sp³-hybridized carbons (Fsp3) is 0.200. The van der Waals surface area contributed by atoms with E-state index in [1.807, 2.05) is 18.3 Å². The molecule has 0 atom stereocenters. The normalized spacial score (nSPS) is 10.6. The highest BCUT2D eigenvalue weighted by atomic mass is 16.4. The second kappa shape index (κ2) is 6.61. The van der Waals surface area contributed by atoms with Crippen molar-refractivity contribution in [1.29, 1.82) is 0 Å². The Labute approximate surface area is 136 Å². The SMILES string of the molecule is CC(C)=CC[n+]1cccc(-c2ncc(-c3ccc(C)cc3)o2)c1. The molecule has 0 saturated carbocycles. The average Bonchev–Trinajstić information content (AvgIpc) is 3.04. The molecule has 116 valence electrons. The Kier molecular flexibility index (Phi) is 4.38. The quantitative estimate of drug-likeness (QED) is 0.522. The van der Waals surface area contributed by atoms with Crippen LogP contribution in [0.2, 0.25) is 0 Å². The van der Waals surface area contributed by atoms with Gasteiger partial charge in [0.05, 0.1) is 6.20 Å². The number of pyridine rings is 1. The van der Waals surface area contributed by atoms with Gasteiger partial charge in [0, 0.05) is 11.6 Å². The van der Waals surface area contributed by atoms with Crippen molar-refractivity contribution >= 4 is 0 Å². The lowest BCUT2D eigenvalue weighted by Gasteiger charge is -1.98. The third-order valence-corrected chi connectivity index (χ3v) is 3.66. The van der Waals surface area contributed by atoms with Crippen LogP contribution in [0.3, 0.4) is 0 Å². The highest BCUT2D eigenvalue weighted by molar-refractivity contribution is 5.60.